The Morgan fingerprint density at radius 3 is 1.81 bits per heavy atom. The molecule has 1 aromatic carbocycles. The van der Waals surface area contributed by atoms with Gasteiger partial charge < -0.3 is 0 Å². The molecule has 0 aliphatic rings. The Kier molecular flexibility index (Phi) is 7.45. The largest absolute Gasteiger partial charge is 0.0911 e. The van der Waals surface area contributed by atoms with Crippen LogP contribution >= 0.6 is 0 Å². The third-order valence-corrected chi connectivity index (χ3v) is 12.7. The zero-order chi connectivity index (χ0) is 15.9. The molecule has 0 heterocycles. The molecule has 0 bridgehead atoms. The van der Waals surface area contributed by atoms with Crippen molar-refractivity contribution in [2.45, 2.75) is 77.1 Å². The minimum atomic E-state index is -1.24. The van der Waals surface area contributed by atoms with Crippen LogP contribution in [0.15, 0.2) is 42.5 Å². The molecule has 0 radical (unpaired) electrons. The van der Waals surface area contributed by atoms with Gasteiger partial charge in [0, 0.05) is 0 Å². The molecule has 21 heavy (non-hydrogen) atoms. The van der Waals surface area contributed by atoms with E-state index in [0.29, 0.717) is 0 Å². The van der Waals surface area contributed by atoms with E-state index in [2.05, 4.69) is 84.0 Å². The molecule has 1 heteroatoms. The third-order valence-electron chi connectivity index (χ3n) is 5.31. The highest BCUT2D eigenvalue weighted by Crippen LogP contribution is 2.44. The number of rotatable bonds is 8. The van der Waals surface area contributed by atoms with E-state index < -0.39 is 8.07 Å². The Labute approximate surface area is 133 Å². The summed E-state index contributed by atoms with van der Waals surface area (Å²) >= 11 is 0. The van der Waals surface area contributed by atoms with Gasteiger partial charge in [0.25, 0.3) is 0 Å². The summed E-state index contributed by atoms with van der Waals surface area (Å²) in [6.45, 7) is 14.7. The van der Waals surface area contributed by atoms with Crippen LogP contribution in [0.1, 0.15) is 53.5 Å². The van der Waals surface area contributed by atoms with Gasteiger partial charge in [0.05, 0.1) is 8.07 Å². The van der Waals surface area contributed by atoms with Crippen molar-refractivity contribution in [3.8, 4) is 0 Å². The van der Waals surface area contributed by atoms with Crippen molar-refractivity contribution in [3.63, 3.8) is 0 Å². The molecule has 0 aliphatic heterocycles. The fourth-order valence-electron chi connectivity index (χ4n) is 4.01. The van der Waals surface area contributed by atoms with Crippen molar-refractivity contribution in [1.82, 2.24) is 0 Å². The molecular weight excluding hydrogens is 268 g/mol. The highest BCUT2D eigenvalue weighted by atomic mass is 28.3. The van der Waals surface area contributed by atoms with Crippen LogP contribution in [-0.2, 0) is 6.42 Å². The number of benzene rings is 1. The monoisotopic (exact) mass is 302 g/mol. The minimum absolute atomic E-state index is 0.858. The summed E-state index contributed by atoms with van der Waals surface area (Å²) in [4.78, 5) is 0. The molecule has 0 nitrogen and oxygen atoms in total. The van der Waals surface area contributed by atoms with Gasteiger partial charge in [-0.25, -0.2) is 0 Å². The van der Waals surface area contributed by atoms with Gasteiger partial charge in [0.15, 0.2) is 0 Å². The first-order chi connectivity index (χ1) is 9.91. The summed E-state index contributed by atoms with van der Waals surface area (Å²) < 4.78 is 0. The zero-order valence-corrected chi connectivity index (χ0v) is 15.9. The van der Waals surface area contributed by atoms with Gasteiger partial charge >= 0.3 is 0 Å². The molecule has 0 fully saturated rings. The first-order valence-electron chi connectivity index (χ1n) is 8.60. The lowest BCUT2D eigenvalue weighted by molar-refractivity contribution is 0.810. The maximum absolute atomic E-state index is 2.50. The second-order valence-corrected chi connectivity index (χ2v) is 13.4. The van der Waals surface area contributed by atoms with Crippen LogP contribution in [0.2, 0.25) is 22.7 Å². The van der Waals surface area contributed by atoms with Crippen LogP contribution in [0.4, 0.5) is 0 Å². The van der Waals surface area contributed by atoms with Gasteiger partial charge in [-0.3, -0.25) is 0 Å². The smallest absolute Gasteiger partial charge is 0.0650 e. The molecule has 0 atom stereocenters. The predicted octanol–water partition coefficient (Wildman–Crippen LogP) is 6.85. The van der Waals surface area contributed by atoms with Gasteiger partial charge in [-0.2, -0.15) is 0 Å². The molecule has 1 rings (SSSR count). The summed E-state index contributed by atoms with van der Waals surface area (Å²) in [5.74, 6) is 0. The Morgan fingerprint density at radius 2 is 1.33 bits per heavy atom. The van der Waals surface area contributed by atoms with Crippen molar-refractivity contribution >= 4 is 8.07 Å². The predicted molar refractivity (Wildman–Crippen MR) is 99.8 cm³/mol. The van der Waals surface area contributed by atoms with Crippen molar-refractivity contribution in [3.05, 3.63) is 48.0 Å². The second kappa shape index (κ2) is 8.58. The number of aryl methyl sites for hydroxylation is 1. The van der Waals surface area contributed by atoms with Crippen LogP contribution in [-0.4, -0.2) is 8.07 Å². The van der Waals surface area contributed by atoms with Crippen molar-refractivity contribution in [1.29, 1.82) is 0 Å². The molecule has 0 amide bonds. The van der Waals surface area contributed by atoms with Gasteiger partial charge in [-0.1, -0.05) is 101 Å². The summed E-state index contributed by atoms with van der Waals surface area (Å²) in [6, 6.07) is 12.1. The fraction of sp³-hybridized carbons (Fsp3) is 0.600. The molecule has 0 spiro atoms. The Balaban J connectivity index is 2.59. The van der Waals surface area contributed by atoms with Crippen molar-refractivity contribution < 1.29 is 0 Å². The average molecular weight is 303 g/mol. The van der Waals surface area contributed by atoms with Crippen LogP contribution < -0.4 is 0 Å². The van der Waals surface area contributed by atoms with Crippen LogP contribution in [0.25, 0.3) is 0 Å². The SMILES string of the molecule is CC(C)[Si](C/C=C\CCc1ccccc1)(C(C)C)C(C)C. The molecule has 0 aromatic heterocycles. The Bertz CT molecular complexity index is 393. The van der Waals surface area contributed by atoms with Gasteiger partial charge in [-0.05, 0) is 24.4 Å². The molecule has 1 aromatic rings. The lowest BCUT2D eigenvalue weighted by Crippen LogP contribution is -2.43. The first-order valence-corrected chi connectivity index (χ1v) is 11.0. The molecule has 0 N–H and O–H groups in total. The van der Waals surface area contributed by atoms with E-state index in [-0.39, 0.29) is 0 Å². The maximum Gasteiger partial charge on any atom is 0.0650 e. The first kappa shape index (κ1) is 18.2. The lowest BCUT2D eigenvalue weighted by Gasteiger charge is -2.42. The van der Waals surface area contributed by atoms with Gasteiger partial charge in [0.1, 0.15) is 0 Å². The maximum atomic E-state index is 2.50. The lowest BCUT2D eigenvalue weighted by atomic mass is 10.1. The van der Waals surface area contributed by atoms with E-state index in [4.69, 9.17) is 0 Å². The average Bonchev–Trinajstić information content (AvgIpc) is 2.42. The second-order valence-electron chi connectivity index (χ2n) is 7.28. The summed E-state index contributed by atoms with van der Waals surface area (Å²) in [6.07, 6.45) is 7.25. The number of hydrogen-bond acceptors (Lipinski definition) is 0. The van der Waals surface area contributed by atoms with E-state index in [1.165, 1.54) is 18.0 Å². The summed E-state index contributed by atoms with van der Waals surface area (Å²) in [5, 5.41) is 0. The molecule has 0 unspecified atom stereocenters. The van der Waals surface area contributed by atoms with Crippen LogP contribution in [0.5, 0.6) is 0 Å². The summed E-state index contributed by atoms with van der Waals surface area (Å²) in [7, 11) is -1.24. The molecule has 0 saturated heterocycles. The van der Waals surface area contributed by atoms with Gasteiger partial charge in [0.2, 0.25) is 0 Å². The standard InChI is InChI=1S/C20H34Si/c1-17(2)21(18(3)4,19(5)6)16-12-8-11-15-20-13-9-7-10-14-20/h7-10,12-14,17-19H,11,15-16H2,1-6H3/b12-8-. The van der Waals surface area contributed by atoms with E-state index in [1.54, 1.807) is 0 Å². The highest BCUT2D eigenvalue weighted by molar-refractivity contribution is 6.83. The Morgan fingerprint density at radius 1 is 0.810 bits per heavy atom. The molecule has 0 aliphatic carbocycles. The quantitative estimate of drug-likeness (QED) is 0.363. The van der Waals surface area contributed by atoms with Crippen LogP contribution in [0.3, 0.4) is 0 Å². The van der Waals surface area contributed by atoms with Crippen molar-refractivity contribution in [2.75, 3.05) is 0 Å². The van der Waals surface area contributed by atoms with Gasteiger partial charge in [-0.15, -0.1) is 0 Å². The van der Waals surface area contributed by atoms with E-state index in [0.717, 1.165) is 23.0 Å². The third kappa shape index (κ3) is 4.84. The number of allylic oxidation sites excluding steroid dienone is 2. The number of hydrogen-bond donors (Lipinski definition) is 0. The summed E-state index contributed by atoms with van der Waals surface area (Å²) in [5.41, 5.74) is 4.02. The topological polar surface area (TPSA) is 0 Å². The zero-order valence-electron chi connectivity index (χ0n) is 14.9. The molecule has 118 valence electrons. The van der Waals surface area contributed by atoms with E-state index >= 15 is 0 Å². The molecule has 0 saturated carbocycles. The highest BCUT2D eigenvalue weighted by Gasteiger charge is 2.41. The van der Waals surface area contributed by atoms with E-state index in [1.807, 2.05) is 0 Å². The fourth-order valence-corrected chi connectivity index (χ4v) is 10.00. The van der Waals surface area contributed by atoms with E-state index in [9.17, 15) is 0 Å². The normalized spacial score (nSPS) is 13.0. The van der Waals surface area contributed by atoms with Crippen molar-refractivity contribution in [2.24, 2.45) is 0 Å². The van der Waals surface area contributed by atoms with Crippen LogP contribution in [0, 0.1) is 0 Å². The minimum Gasteiger partial charge on any atom is -0.0911 e. The Hall–Kier alpha value is -0.823. The molecular formula is C20H34Si.